The molecule has 122 valence electrons. The van der Waals surface area contributed by atoms with Crippen molar-refractivity contribution in [2.45, 2.75) is 4.90 Å². The summed E-state index contributed by atoms with van der Waals surface area (Å²) in [6.07, 6.45) is 0. The third-order valence-corrected chi connectivity index (χ3v) is 5.18. The first-order chi connectivity index (χ1) is 10.7. The minimum absolute atomic E-state index is 0.0359. The van der Waals surface area contributed by atoms with Gasteiger partial charge in [0.2, 0.25) is 0 Å². The van der Waals surface area contributed by atoms with E-state index in [-0.39, 0.29) is 32.1 Å². The summed E-state index contributed by atoms with van der Waals surface area (Å²) in [5, 5.41) is 0.272. The molecule has 0 heterocycles. The van der Waals surface area contributed by atoms with Crippen molar-refractivity contribution in [1.82, 2.24) is 4.90 Å². The van der Waals surface area contributed by atoms with Crippen LogP contribution < -0.4 is 4.72 Å². The van der Waals surface area contributed by atoms with Crippen LogP contribution >= 0.6 is 23.2 Å². The molecule has 2 aromatic rings. The molecule has 0 bridgehead atoms. The monoisotopic (exact) mass is 372 g/mol. The van der Waals surface area contributed by atoms with Gasteiger partial charge in [-0.05, 0) is 30.3 Å². The van der Waals surface area contributed by atoms with Crippen LogP contribution in [0.25, 0.3) is 0 Å². The zero-order valence-electron chi connectivity index (χ0n) is 12.4. The fourth-order valence-electron chi connectivity index (χ4n) is 1.87. The van der Waals surface area contributed by atoms with Gasteiger partial charge in [0.1, 0.15) is 4.90 Å². The zero-order chi connectivity index (χ0) is 17.2. The van der Waals surface area contributed by atoms with Crippen LogP contribution in [0.3, 0.4) is 0 Å². The Morgan fingerprint density at radius 3 is 2.26 bits per heavy atom. The number of benzene rings is 2. The first-order valence-electron chi connectivity index (χ1n) is 6.51. The molecule has 0 aromatic heterocycles. The smallest absolute Gasteiger partial charge is 0.263 e. The molecule has 0 atom stereocenters. The Hall–Kier alpha value is -1.76. The molecule has 8 heteroatoms. The molecule has 0 aliphatic heterocycles. The third-order valence-electron chi connectivity index (χ3n) is 2.98. The largest absolute Gasteiger partial charge is 0.345 e. The fraction of sp³-hybridized carbons (Fsp3) is 0.133. The summed E-state index contributed by atoms with van der Waals surface area (Å²) in [6, 6.07) is 10.4. The molecule has 23 heavy (non-hydrogen) atoms. The first kappa shape index (κ1) is 17.6. The predicted octanol–water partition coefficient (Wildman–Crippen LogP) is 3.50. The van der Waals surface area contributed by atoms with E-state index in [1.807, 2.05) is 0 Å². The van der Waals surface area contributed by atoms with Crippen LogP contribution in [0.2, 0.25) is 10.0 Å². The SMILES string of the molecule is CN(C)C(=O)c1ccc(NS(=O)(=O)c2ccccc2Cl)cc1Cl. The van der Waals surface area contributed by atoms with Crippen LogP contribution in [0.4, 0.5) is 5.69 Å². The molecular weight excluding hydrogens is 359 g/mol. The lowest BCUT2D eigenvalue weighted by molar-refractivity contribution is 0.0828. The van der Waals surface area contributed by atoms with Gasteiger partial charge in [0.15, 0.2) is 0 Å². The number of carbonyl (C=O) groups excluding carboxylic acids is 1. The molecule has 0 aliphatic carbocycles. The summed E-state index contributed by atoms with van der Waals surface area (Å²) < 4.78 is 27.1. The van der Waals surface area contributed by atoms with Gasteiger partial charge in [0.05, 0.1) is 21.3 Å². The van der Waals surface area contributed by atoms with Gasteiger partial charge in [0, 0.05) is 14.1 Å². The van der Waals surface area contributed by atoms with Gasteiger partial charge in [-0.15, -0.1) is 0 Å². The van der Waals surface area contributed by atoms with E-state index < -0.39 is 10.0 Å². The molecule has 0 aliphatic rings. The molecule has 0 saturated carbocycles. The van der Waals surface area contributed by atoms with Crippen molar-refractivity contribution >= 4 is 44.8 Å². The maximum absolute atomic E-state index is 12.3. The van der Waals surface area contributed by atoms with Gasteiger partial charge in [-0.3, -0.25) is 9.52 Å². The molecular formula is C15H14Cl2N2O3S. The molecule has 0 unspecified atom stereocenters. The number of nitrogens with one attached hydrogen (secondary N) is 1. The highest BCUT2D eigenvalue weighted by Gasteiger charge is 2.19. The van der Waals surface area contributed by atoms with Crippen LogP contribution in [-0.2, 0) is 10.0 Å². The topological polar surface area (TPSA) is 66.5 Å². The standard InChI is InChI=1S/C15H14Cl2N2O3S/c1-19(2)15(20)11-8-7-10(9-13(11)17)18-23(21,22)14-6-4-3-5-12(14)16/h3-9,18H,1-2H3. The Morgan fingerprint density at radius 1 is 1.04 bits per heavy atom. The maximum Gasteiger partial charge on any atom is 0.263 e. The summed E-state index contributed by atoms with van der Waals surface area (Å²) >= 11 is 12.0. The van der Waals surface area contributed by atoms with Gasteiger partial charge >= 0.3 is 0 Å². The summed E-state index contributed by atoms with van der Waals surface area (Å²) in [5.41, 5.74) is 0.530. The Kier molecular flexibility index (Phi) is 5.19. The number of rotatable bonds is 4. The van der Waals surface area contributed by atoms with Crippen molar-refractivity contribution in [3.8, 4) is 0 Å². The molecule has 0 fully saturated rings. The van der Waals surface area contributed by atoms with Gasteiger partial charge in [-0.25, -0.2) is 8.42 Å². The fourth-order valence-corrected chi connectivity index (χ4v) is 3.70. The second kappa shape index (κ2) is 6.78. The van der Waals surface area contributed by atoms with E-state index in [0.29, 0.717) is 0 Å². The van der Waals surface area contributed by atoms with Crippen LogP contribution in [-0.4, -0.2) is 33.3 Å². The van der Waals surface area contributed by atoms with Crippen molar-refractivity contribution in [3.05, 3.63) is 58.1 Å². The number of amides is 1. The molecule has 2 aromatic carbocycles. The van der Waals surface area contributed by atoms with Crippen molar-refractivity contribution in [3.63, 3.8) is 0 Å². The Balaban J connectivity index is 2.33. The molecule has 1 N–H and O–H groups in total. The van der Waals surface area contributed by atoms with E-state index in [1.54, 1.807) is 26.2 Å². The summed E-state index contributed by atoms with van der Waals surface area (Å²) in [6.45, 7) is 0. The average molecular weight is 373 g/mol. The molecule has 1 amide bonds. The normalized spacial score (nSPS) is 11.1. The number of hydrogen-bond donors (Lipinski definition) is 1. The van der Waals surface area contributed by atoms with Crippen LogP contribution in [0.5, 0.6) is 0 Å². The number of carbonyl (C=O) groups is 1. The number of hydrogen-bond acceptors (Lipinski definition) is 3. The summed E-state index contributed by atoms with van der Waals surface area (Å²) in [7, 11) is -0.638. The van der Waals surface area contributed by atoms with Crippen LogP contribution in [0.1, 0.15) is 10.4 Å². The van der Waals surface area contributed by atoms with E-state index in [1.165, 1.54) is 35.2 Å². The minimum Gasteiger partial charge on any atom is -0.345 e. The third kappa shape index (κ3) is 3.96. The number of sulfonamides is 1. The van der Waals surface area contributed by atoms with Crippen molar-refractivity contribution in [1.29, 1.82) is 0 Å². The highest BCUT2D eigenvalue weighted by Crippen LogP contribution is 2.26. The van der Waals surface area contributed by atoms with E-state index in [4.69, 9.17) is 23.2 Å². The zero-order valence-corrected chi connectivity index (χ0v) is 14.7. The lowest BCUT2D eigenvalue weighted by Crippen LogP contribution is -2.22. The minimum atomic E-state index is -3.85. The van der Waals surface area contributed by atoms with E-state index in [0.717, 1.165) is 0 Å². The van der Waals surface area contributed by atoms with Crippen molar-refractivity contribution in [2.75, 3.05) is 18.8 Å². The Bertz CT molecular complexity index is 852. The number of halogens is 2. The highest BCUT2D eigenvalue weighted by atomic mass is 35.5. The molecule has 0 spiro atoms. The quantitative estimate of drug-likeness (QED) is 0.892. The molecule has 0 saturated heterocycles. The van der Waals surface area contributed by atoms with Crippen molar-refractivity contribution in [2.24, 2.45) is 0 Å². The molecule has 2 rings (SSSR count). The van der Waals surface area contributed by atoms with Gasteiger partial charge < -0.3 is 4.90 Å². The second-order valence-corrected chi connectivity index (χ2v) is 7.40. The number of nitrogens with zero attached hydrogens (tertiary/aromatic N) is 1. The molecule has 0 radical (unpaired) electrons. The van der Waals surface area contributed by atoms with Gasteiger partial charge in [0.25, 0.3) is 15.9 Å². The summed E-state index contributed by atoms with van der Waals surface area (Å²) in [5.74, 6) is -0.268. The second-order valence-electron chi connectivity index (χ2n) is 4.93. The maximum atomic E-state index is 12.3. The number of anilines is 1. The first-order valence-corrected chi connectivity index (χ1v) is 8.75. The average Bonchev–Trinajstić information content (AvgIpc) is 2.46. The van der Waals surface area contributed by atoms with Crippen LogP contribution in [0, 0.1) is 0 Å². The molecule has 5 nitrogen and oxygen atoms in total. The Labute approximate surface area is 144 Å². The van der Waals surface area contributed by atoms with Gasteiger partial charge in [-0.2, -0.15) is 0 Å². The van der Waals surface area contributed by atoms with E-state index >= 15 is 0 Å². The predicted molar refractivity (Wildman–Crippen MR) is 91.7 cm³/mol. The van der Waals surface area contributed by atoms with Crippen LogP contribution in [0.15, 0.2) is 47.4 Å². The lowest BCUT2D eigenvalue weighted by Gasteiger charge is -2.13. The highest BCUT2D eigenvalue weighted by molar-refractivity contribution is 7.92. The van der Waals surface area contributed by atoms with E-state index in [9.17, 15) is 13.2 Å². The van der Waals surface area contributed by atoms with Crippen molar-refractivity contribution < 1.29 is 13.2 Å². The Morgan fingerprint density at radius 2 is 1.70 bits per heavy atom. The van der Waals surface area contributed by atoms with E-state index in [2.05, 4.69) is 4.72 Å². The van der Waals surface area contributed by atoms with Gasteiger partial charge in [-0.1, -0.05) is 35.3 Å². The lowest BCUT2D eigenvalue weighted by atomic mass is 10.2. The summed E-state index contributed by atoms with van der Waals surface area (Å²) in [4.78, 5) is 13.3.